The van der Waals surface area contributed by atoms with Crippen molar-refractivity contribution in [1.82, 2.24) is 14.5 Å². The molecule has 3 rings (SSSR count). The first-order chi connectivity index (χ1) is 10.7. The first-order valence-corrected chi connectivity index (χ1v) is 7.64. The third kappa shape index (κ3) is 2.71. The number of ether oxygens (including phenoxy) is 2. The lowest BCUT2D eigenvalue weighted by Crippen LogP contribution is -2.45. The molecule has 0 radical (unpaired) electrons. The second kappa shape index (κ2) is 6.46. The Bertz CT molecular complexity index is 662. The summed E-state index contributed by atoms with van der Waals surface area (Å²) >= 11 is 0. The van der Waals surface area contributed by atoms with E-state index in [2.05, 4.69) is 9.88 Å². The van der Waals surface area contributed by atoms with Gasteiger partial charge >= 0.3 is 5.97 Å². The second-order valence-corrected chi connectivity index (χ2v) is 5.29. The number of morpholine rings is 1. The van der Waals surface area contributed by atoms with E-state index in [1.807, 2.05) is 42.7 Å². The highest BCUT2D eigenvalue weighted by Crippen LogP contribution is 2.25. The van der Waals surface area contributed by atoms with Crippen molar-refractivity contribution in [3.05, 3.63) is 30.1 Å². The molecule has 1 aromatic carbocycles. The van der Waals surface area contributed by atoms with Crippen molar-refractivity contribution >= 4 is 17.0 Å². The van der Waals surface area contributed by atoms with Gasteiger partial charge in [-0.3, -0.25) is 4.90 Å². The lowest BCUT2D eigenvalue weighted by molar-refractivity contribution is -0.155. The minimum Gasteiger partial charge on any atom is -0.463 e. The number of aryl methyl sites for hydroxylation is 1. The van der Waals surface area contributed by atoms with Crippen molar-refractivity contribution in [2.24, 2.45) is 0 Å². The van der Waals surface area contributed by atoms with Gasteiger partial charge in [-0.1, -0.05) is 12.1 Å². The molecule has 1 aliphatic heterocycles. The number of imidazole rings is 1. The zero-order chi connectivity index (χ0) is 15.5. The maximum absolute atomic E-state index is 12.6. The molecule has 2 heterocycles. The van der Waals surface area contributed by atoms with Crippen molar-refractivity contribution in [3.63, 3.8) is 0 Å². The fourth-order valence-corrected chi connectivity index (χ4v) is 2.93. The Morgan fingerprint density at radius 1 is 1.36 bits per heavy atom. The smallest absolute Gasteiger partial charge is 0.344 e. The minimum absolute atomic E-state index is 0.240. The predicted molar refractivity (Wildman–Crippen MR) is 82.5 cm³/mol. The molecule has 0 saturated carbocycles. The third-order valence-electron chi connectivity index (χ3n) is 3.91. The highest BCUT2D eigenvalue weighted by Gasteiger charge is 2.32. The Kier molecular flexibility index (Phi) is 4.40. The van der Waals surface area contributed by atoms with Crippen molar-refractivity contribution in [2.75, 3.05) is 32.9 Å². The Morgan fingerprint density at radius 2 is 2.09 bits per heavy atom. The van der Waals surface area contributed by atoms with Gasteiger partial charge in [-0.15, -0.1) is 0 Å². The van der Waals surface area contributed by atoms with Crippen molar-refractivity contribution in [3.8, 4) is 0 Å². The van der Waals surface area contributed by atoms with E-state index in [4.69, 9.17) is 9.47 Å². The van der Waals surface area contributed by atoms with Crippen LogP contribution in [0.5, 0.6) is 0 Å². The molecule has 6 nitrogen and oxygen atoms in total. The number of nitrogens with zero attached hydrogens (tertiary/aromatic N) is 3. The summed E-state index contributed by atoms with van der Waals surface area (Å²) in [7, 11) is 0. The number of para-hydroxylation sites is 2. The van der Waals surface area contributed by atoms with Gasteiger partial charge in [-0.25, -0.2) is 9.78 Å². The van der Waals surface area contributed by atoms with Crippen molar-refractivity contribution < 1.29 is 14.3 Å². The number of rotatable bonds is 4. The highest BCUT2D eigenvalue weighted by molar-refractivity contribution is 5.81. The Labute approximate surface area is 129 Å². The first-order valence-electron chi connectivity index (χ1n) is 7.64. The highest BCUT2D eigenvalue weighted by atomic mass is 16.5. The molecule has 1 fully saturated rings. The number of hydrogen-bond acceptors (Lipinski definition) is 5. The van der Waals surface area contributed by atoms with Crippen molar-refractivity contribution in [1.29, 1.82) is 0 Å². The predicted octanol–water partition coefficient (Wildman–Crippen LogP) is 1.74. The first kappa shape index (κ1) is 15.0. The van der Waals surface area contributed by atoms with Crippen LogP contribution in [0, 0.1) is 6.92 Å². The fraction of sp³-hybridized carbons (Fsp3) is 0.500. The topological polar surface area (TPSA) is 56.6 Å². The maximum Gasteiger partial charge on any atom is 0.344 e. The number of fused-ring (bicyclic) bond motifs is 1. The molecule has 0 bridgehead atoms. The number of esters is 1. The Hall–Kier alpha value is -1.92. The molecule has 0 N–H and O–H groups in total. The molecule has 1 aliphatic rings. The summed E-state index contributed by atoms with van der Waals surface area (Å²) in [5, 5.41) is 0. The van der Waals surface area contributed by atoms with Gasteiger partial charge in [0.25, 0.3) is 0 Å². The van der Waals surface area contributed by atoms with Gasteiger partial charge in [-0.2, -0.15) is 0 Å². The van der Waals surface area contributed by atoms with Gasteiger partial charge in [-0.05, 0) is 26.0 Å². The largest absolute Gasteiger partial charge is 0.463 e. The van der Waals surface area contributed by atoms with E-state index in [1.54, 1.807) is 0 Å². The molecular formula is C16H21N3O3. The average Bonchev–Trinajstić information content (AvgIpc) is 2.86. The molecule has 0 amide bonds. The fourth-order valence-electron chi connectivity index (χ4n) is 2.93. The quantitative estimate of drug-likeness (QED) is 0.805. The molecule has 1 unspecified atom stereocenters. The van der Waals surface area contributed by atoms with E-state index in [0.717, 1.165) is 16.9 Å². The molecule has 1 atom stereocenters. The lowest BCUT2D eigenvalue weighted by Gasteiger charge is -2.34. The molecular weight excluding hydrogens is 282 g/mol. The van der Waals surface area contributed by atoms with Crippen LogP contribution in [0.15, 0.2) is 24.3 Å². The number of carbonyl (C=O) groups excluding carboxylic acids is 1. The summed E-state index contributed by atoms with van der Waals surface area (Å²) < 4.78 is 12.7. The van der Waals surface area contributed by atoms with E-state index >= 15 is 0 Å². The summed E-state index contributed by atoms with van der Waals surface area (Å²) in [5.41, 5.74) is 1.84. The normalized spacial score (nSPS) is 17.5. The van der Waals surface area contributed by atoms with Crippen molar-refractivity contribution in [2.45, 2.75) is 20.0 Å². The molecule has 1 aromatic heterocycles. The van der Waals surface area contributed by atoms with E-state index in [9.17, 15) is 4.79 Å². The van der Waals surface area contributed by atoms with Crippen LogP contribution in [0.3, 0.4) is 0 Å². The standard InChI is InChI=1S/C16H21N3O3/c1-3-22-16(20)15(18-8-10-21-11-9-18)19-12(2)17-13-6-4-5-7-14(13)19/h4-7,15H,3,8-11H2,1-2H3. The summed E-state index contributed by atoms with van der Waals surface area (Å²) in [6.07, 6.45) is -0.490. The molecule has 22 heavy (non-hydrogen) atoms. The van der Waals surface area contributed by atoms with Gasteiger partial charge in [0.05, 0.1) is 30.9 Å². The minimum atomic E-state index is -0.490. The Balaban J connectivity index is 2.06. The van der Waals surface area contributed by atoms with E-state index in [0.29, 0.717) is 32.9 Å². The van der Waals surface area contributed by atoms with Crippen LogP contribution in [0.2, 0.25) is 0 Å². The SMILES string of the molecule is CCOC(=O)C(N1CCOCC1)n1c(C)nc2ccccc21. The zero-order valence-electron chi connectivity index (χ0n) is 13.0. The van der Waals surface area contributed by atoms with Crippen LogP contribution in [0.25, 0.3) is 11.0 Å². The summed E-state index contributed by atoms with van der Waals surface area (Å²) in [5.74, 6) is 0.571. The van der Waals surface area contributed by atoms with E-state index < -0.39 is 6.17 Å². The van der Waals surface area contributed by atoms with Crippen LogP contribution in [0.4, 0.5) is 0 Å². The van der Waals surface area contributed by atoms with Crippen LogP contribution in [-0.4, -0.2) is 53.3 Å². The summed E-state index contributed by atoms with van der Waals surface area (Å²) in [6.45, 7) is 6.78. The summed E-state index contributed by atoms with van der Waals surface area (Å²) in [4.78, 5) is 19.3. The van der Waals surface area contributed by atoms with Gasteiger partial charge in [0.1, 0.15) is 5.82 Å². The number of benzene rings is 1. The third-order valence-corrected chi connectivity index (χ3v) is 3.91. The van der Waals surface area contributed by atoms with Crippen LogP contribution in [0.1, 0.15) is 18.9 Å². The Morgan fingerprint density at radius 3 is 2.82 bits per heavy atom. The van der Waals surface area contributed by atoms with Gasteiger partial charge in [0, 0.05) is 13.1 Å². The van der Waals surface area contributed by atoms with Crippen LogP contribution < -0.4 is 0 Å². The average molecular weight is 303 g/mol. The van der Waals surface area contributed by atoms with Crippen LogP contribution in [-0.2, 0) is 14.3 Å². The monoisotopic (exact) mass is 303 g/mol. The molecule has 2 aromatic rings. The van der Waals surface area contributed by atoms with Gasteiger partial charge in [0.2, 0.25) is 0 Å². The molecule has 0 aliphatic carbocycles. The maximum atomic E-state index is 12.6. The lowest BCUT2D eigenvalue weighted by atomic mass is 10.3. The number of hydrogen-bond donors (Lipinski definition) is 0. The molecule has 0 spiro atoms. The zero-order valence-corrected chi connectivity index (χ0v) is 13.0. The molecule has 1 saturated heterocycles. The molecule has 6 heteroatoms. The van der Waals surface area contributed by atoms with E-state index in [-0.39, 0.29) is 5.97 Å². The van der Waals surface area contributed by atoms with E-state index in [1.165, 1.54) is 0 Å². The van der Waals surface area contributed by atoms with Gasteiger partial charge < -0.3 is 14.0 Å². The molecule has 118 valence electrons. The summed E-state index contributed by atoms with van der Waals surface area (Å²) in [6, 6.07) is 7.86. The second-order valence-electron chi connectivity index (χ2n) is 5.29. The van der Waals surface area contributed by atoms with Crippen LogP contribution >= 0.6 is 0 Å². The number of aromatic nitrogens is 2. The number of carbonyl (C=O) groups is 1. The van der Waals surface area contributed by atoms with Gasteiger partial charge in [0.15, 0.2) is 6.17 Å².